The zero-order chi connectivity index (χ0) is 15.8. The first kappa shape index (κ1) is 16.1. The number of benzene rings is 1. The van der Waals surface area contributed by atoms with Crippen LogP contribution >= 0.6 is 0 Å². The van der Waals surface area contributed by atoms with E-state index in [0.717, 1.165) is 31.6 Å². The third-order valence-electron chi connectivity index (χ3n) is 3.68. The minimum Gasteiger partial charge on any atom is -0.466 e. The van der Waals surface area contributed by atoms with Crippen LogP contribution in [0.2, 0.25) is 0 Å². The van der Waals surface area contributed by atoms with Crippen LogP contribution in [0.15, 0.2) is 36.4 Å². The molecule has 1 aromatic carbocycles. The van der Waals surface area contributed by atoms with Crippen molar-refractivity contribution < 1.29 is 14.3 Å². The number of esters is 1. The SMILES string of the molecule is COC(=O)/C=C/CNC(=O)c1ccccc1N1CCCCC1. The molecule has 0 atom stereocenters. The molecule has 1 heterocycles. The van der Waals surface area contributed by atoms with Crippen molar-refractivity contribution in [1.82, 2.24) is 5.32 Å². The topological polar surface area (TPSA) is 58.6 Å². The highest BCUT2D eigenvalue weighted by Gasteiger charge is 2.17. The van der Waals surface area contributed by atoms with E-state index in [0.29, 0.717) is 12.1 Å². The molecule has 0 aliphatic carbocycles. The minimum atomic E-state index is -0.428. The van der Waals surface area contributed by atoms with Crippen LogP contribution in [0.5, 0.6) is 0 Å². The van der Waals surface area contributed by atoms with Gasteiger partial charge in [0.1, 0.15) is 0 Å². The predicted molar refractivity (Wildman–Crippen MR) is 86.0 cm³/mol. The highest BCUT2D eigenvalue weighted by atomic mass is 16.5. The van der Waals surface area contributed by atoms with Crippen molar-refractivity contribution >= 4 is 17.6 Å². The average Bonchev–Trinajstić information content (AvgIpc) is 2.59. The summed E-state index contributed by atoms with van der Waals surface area (Å²) < 4.78 is 4.50. The monoisotopic (exact) mass is 302 g/mol. The number of methoxy groups -OCH3 is 1. The lowest BCUT2D eigenvalue weighted by Gasteiger charge is -2.30. The Morgan fingerprint density at radius 3 is 2.68 bits per heavy atom. The van der Waals surface area contributed by atoms with E-state index in [1.807, 2.05) is 24.3 Å². The second-order valence-electron chi connectivity index (χ2n) is 5.20. The summed E-state index contributed by atoms with van der Waals surface area (Å²) in [5.41, 5.74) is 1.66. The Labute approximate surface area is 130 Å². The van der Waals surface area contributed by atoms with Crippen LogP contribution < -0.4 is 10.2 Å². The summed E-state index contributed by atoms with van der Waals surface area (Å²) in [6.07, 6.45) is 6.46. The van der Waals surface area contributed by atoms with Gasteiger partial charge in [-0.3, -0.25) is 4.79 Å². The van der Waals surface area contributed by atoms with E-state index in [1.165, 1.54) is 19.6 Å². The van der Waals surface area contributed by atoms with Crippen molar-refractivity contribution in [1.29, 1.82) is 0 Å². The summed E-state index contributed by atoms with van der Waals surface area (Å²) in [7, 11) is 1.32. The van der Waals surface area contributed by atoms with Gasteiger partial charge >= 0.3 is 5.97 Å². The van der Waals surface area contributed by atoms with Crippen molar-refractivity contribution in [3.05, 3.63) is 42.0 Å². The Bertz CT molecular complexity index is 549. The first-order chi connectivity index (χ1) is 10.7. The Kier molecular flexibility index (Phi) is 6.01. The number of carbonyl (C=O) groups excluding carboxylic acids is 2. The lowest BCUT2D eigenvalue weighted by Crippen LogP contribution is -2.32. The van der Waals surface area contributed by atoms with Gasteiger partial charge in [-0.2, -0.15) is 0 Å². The number of amides is 1. The molecule has 0 bridgehead atoms. The number of hydrogen-bond acceptors (Lipinski definition) is 4. The highest BCUT2D eigenvalue weighted by Crippen LogP contribution is 2.23. The van der Waals surface area contributed by atoms with Crippen molar-refractivity contribution in [2.45, 2.75) is 19.3 Å². The maximum atomic E-state index is 12.3. The zero-order valence-corrected chi connectivity index (χ0v) is 12.9. The Morgan fingerprint density at radius 2 is 1.95 bits per heavy atom. The molecule has 5 nitrogen and oxygen atoms in total. The third-order valence-corrected chi connectivity index (χ3v) is 3.68. The molecule has 0 saturated carbocycles. The van der Waals surface area contributed by atoms with Gasteiger partial charge in [-0.25, -0.2) is 4.79 Å². The number of nitrogens with one attached hydrogen (secondary N) is 1. The van der Waals surface area contributed by atoms with E-state index in [-0.39, 0.29) is 5.91 Å². The lowest BCUT2D eigenvalue weighted by molar-refractivity contribution is -0.134. The van der Waals surface area contributed by atoms with Gasteiger partial charge in [-0.05, 0) is 31.4 Å². The molecule has 0 spiro atoms. The quantitative estimate of drug-likeness (QED) is 0.669. The van der Waals surface area contributed by atoms with E-state index < -0.39 is 5.97 Å². The highest BCUT2D eigenvalue weighted by molar-refractivity contribution is 6.00. The fourth-order valence-electron chi connectivity index (χ4n) is 2.55. The van der Waals surface area contributed by atoms with E-state index >= 15 is 0 Å². The normalized spacial score (nSPS) is 14.9. The molecule has 118 valence electrons. The Balaban J connectivity index is 2.00. The largest absolute Gasteiger partial charge is 0.466 e. The summed E-state index contributed by atoms with van der Waals surface area (Å²) >= 11 is 0. The second kappa shape index (κ2) is 8.22. The molecule has 5 heteroatoms. The number of hydrogen-bond donors (Lipinski definition) is 1. The van der Waals surface area contributed by atoms with Gasteiger partial charge in [0.2, 0.25) is 0 Å². The summed E-state index contributed by atoms with van der Waals surface area (Å²) in [5.74, 6) is -0.557. The number of para-hydroxylation sites is 1. The first-order valence-corrected chi connectivity index (χ1v) is 7.59. The zero-order valence-electron chi connectivity index (χ0n) is 12.9. The minimum absolute atomic E-state index is 0.129. The first-order valence-electron chi connectivity index (χ1n) is 7.59. The van der Waals surface area contributed by atoms with Crippen molar-refractivity contribution in [3.63, 3.8) is 0 Å². The van der Waals surface area contributed by atoms with Crippen LogP contribution in [0.4, 0.5) is 5.69 Å². The smallest absolute Gasteiger partial charge is 0.330 e. The van der Waals surface area contributed by atoms with E-state index in [4.69, 9.17) is 0 Å². The van der Waals surface area contributed by atoms with Crippen LogP contribution in [-0.2, 0) is 9.53 Å². The number of piperidine rings is 1. The van der Waals surface area contributed by atoms with Crippen LogP contribution in [0.3, 0.4) is 0 Å². The molecule has 2 rings (SSSR count). The van der Waals surface area contributed by atoms with Gasteiger partial charge in [0.15, 0.2) is 0 Å². The predicted octanol–water partition coefficient (Wildman–Crippen LogP) is 2.14. The molecule has 1 aromatic rings. The molecule has 1 aliphatic heterocycles. The Hall–Kier alpha value is -2.30. The van der Waals surface area contributed by atoms with Gasteiger partial charge in [0.25, 0.3) is 5.91 Å². The van der Waals surface area contributed by atoms with Gasteiger partial charge < -0.3 is 15.0 Å². The van der Waals surface area contributed by atoms with Gasteiger partial charge in [-0.1, -0.05) is 18.2 Å². The van der Waals surface area contributed by atoms with Crippen LogP contribution in [-0.4, -0.2) is 38.6 Å². The van der Waals surface area contributed by atoms with Crippen molar-refractivity contribution in [2.24, 2.45) is 0 Å². The number of carbonyl (C=O) groups is 2. The Morgan fingerprint density at radius 1 is 1.23 bits per heavy atom. The fraction of sp³-hybridized carbons (Fsp3) is 0.412. The van der Waals surface area contributed by atoms with Gasteiger partial charge in [0, 0.05) is 31.4 Å². The number of ether oxygens (including phenoxy) is 1. The van der Waals surface area contributed by atoms with Crippen LogP contribution in [0, 0.1) is 0 Å². The van der Waals surface area contributed by atoms with Crippen LogP contribution in [0.25, 0.3) is 0 Å². The lowest BCUT2D eigenvalue weighted by atomic mass is 10.1. The maximum absolute atomic E-state index is 12.3. The maximum Gasteiger partial charge on any atom is 0.330 e. The molecular formula is C17H22N2O3. The van der Waals surface area contributed by atoms with Gasteiger partial charge in [0.05, 0.1) is 12.7 Å². The summed E-state index contributed by atoms with van der Waals surface area (Å²) in [6, 6.07) is 7.65. The average molecular weight is 302 g/mol. The molecule has 0 radical (unpaired) electrons. The number of rotatable bonds is 5. The standard InChI is InChI=1S/C17H22N2O3/c1-22-16(20)10-7-11-18-17(21)14-8-3-4-9-15(14)19-12-5-2-6-13-19/h3-4,7-10H,2,5-6,11-13H2,1H3,(H,18,21)/b10-7+. The molecule has 1 amide bonds. The molecule has 22 heavy (non-hydrogen) atoms. The molecule has 1 saturated heterocycles. The van der Waals surface area contributed by atoms with Crippen molar-refractivity contribution in [3.8, 4) is 0 Å². The molecule has 1 fully saturated rings. The third kappa shape index (κ3) is 4.35. The molecule has 0 aromatic heterocycles. The van der Waals surface area contributed by atoms with Gasteiger partial charge in [-0.15, -0.1) is 0 Å². The molecular weight excluding hydrogens is 280 g/mol. The van der Waals surface area contributed by atoms with E-state index in [1.54, 1.807) is 6.08 Å². The van der Waals surface area contributed by atoms with Crippen LogP contribution in [0.1, 0.15) is 29.6 Å². The summed E-state index contributed by atoms with van der Waals surface area (Å²) in [5, 5.41) is 2.80. The van der Waals surface area contributed by atoms with E-state index in [2.05, 4.69) is 15.0 Å². The second-order valence-corrected chi connectivity index (χ2v) is 5.20. The molecule has 1 N–H and O–H groups in total. The van der Waals surface area contributed by atoms with E-state index in [9.17, 15) is 9.59 Å². The molecule has 1 aliphatic rings. The summed E-state index contributed by atoms with van der Waals surface area (Å²) in [4.78, 5) is 25.6. The number of nitrogens with zero attached hydrogens (tertiary/aromatic N) is 1. The fourth-order valence-corrected chi connectivity index (χ4v) is 2.55. The van der Waals surface area contributed by atoms with Crippen molar-refractivity contribution in [2.75, 3.05) is 31.6 Å². The summed E-state index contributed by atoms with van der Waals surface area (Å²) in [6.45, 7) is 2.28. The molecule has 0 unspecified atom stereocenters. The number of anilines is 1.